The number of hydrogen-bond donors (Lipinski definition) is 1. The highest BCUT2D eigenvalue weighted by Crippen LogP contribution is 2.37. The fourth-order valence-corrected chi connectivity index (χ4v) is 7.11. The topological polar surface area (TPSA) is 129 Å². The number of benzene rings is 1. The summed E-state index contributed by atoms with van der Waals surface area (Å²) < 4.78 is 34.2. The molecule has 13 heteroatoms. The molecule has 2 aliphatic rings. The van der Waals surface area contributed by atoms with Gasteiger partial charge in [0.25, 0.3) is 0 Å². The van der Waals surface area contributed by atoms with Crippen molar-refractivity contribution in [1.82, 2.24) is 24.1 Å². The molecule has 2 saturated heterocycles. The van der Waals surface area contributed by atoms with Crippen LogP contribution < -0.4 is 10.2 Å². The summed E-state index contributed by atoms with van der Waals surface area (Å²) in [7, 11) is -3.32. The van der Waals surface area contributed by atoms with Gasteiger partial charge in [-0.25, -0.2) is 18.4 Å². The van der Waals surface area contributed by atoms with Crippen LogP contribution in [0.1, 0.15) is 13.3 Å². The minimum absolute atomic E-state index is 0.0302. The van der Waals surface area contributed by atoms with Gasteiger partial charge < -0.3 is 15.0 Å². The standard InChI is InChI=1S/C26H28N8O3S2/c1-2-39(35,36)33-17-26(18-33,7-8-27)34-16-19(15-28-34)23-24-22(6-13-38-24)30-25(31-23)29-20-4-3-5-21(14-20)32-9-11-37-12-10-32/h3-6,13-16H,2,7,9-12,17-18H2,1H3,(H,29,30,31). The lowest BCUT2D eigenvalue weighted by atomic mass is 9.89. The van der Waals surface area contributed by atoms with Crippen LogP contribution >= 0.6 is 11.3 Å². The molecule has 0 aliphatic carbocycles. The third-order valence-electron chi connectivity index (χ3n) is 7.23. The van der Waals surface area contributed by atoms with Gasteiger partial charge in [0.15, 0.2) is 0 Å². The van der Waals surface area contributed by atoms with E-state index in [0.717, 1.165) is 45.9 Å². The molecule has 4 aromatic rings. The average molecular weight is 565 g/mol. The van der Waals surface area contributed by atoms with E-state index < -0.39 is 15.6 Å². The quantitative estimate of drug-likeness (QED) is 0.342. The van der Waals surface area contributed by atoms with Crippen LogP contribution in [0, 0.1) is 11.3 Å². The molecule has 39 heavy (non-hydrogen) atoms. The smallest absolute Gasteiger partial charge is 0.228 e. The minimum Gasteiger partial charge on any atom is -0.378 e. The van der Waals surface area contributed by atoms with E-state index in [1.54, 1.807) is 29.1 Å². The molecular weight excluding hydrogens is 536 g/mol. The van der Waals surface area contributed by atoms with Crippen molar-refractivity contribution in [2.24, 2.45) is 0 Å². The second kappa shape index (κ2) is 10.2. The van der Waals surface area contributed by atoms with E-state index in [1.807, 2.05) is 29.8 Å². The lowest BCUT2D eigenvalue weighted by Crippen LogP contribution is -2.64. The number of aromatic nitrogens is 4. The van der Waals surface area contributed by atoms with Crippen LogP contribution in [-0.2, 0) is 20.3 Å². The van der Waals surface area contributed by atoms with Gasteiger partial charge in [0.2, 0.25) is 16.0 Å². The number of anilines is 3. The van der Waals surface area contributed by atoms with E-state index in [1.165, 1.54) is 4.31 Å². The van der Waals surface area contributed by atoms with Gasteiger partial charge >= 0.3 is 0 Å². The summed E-state index contributed by atoms with van der Waals surface area (Å²) in [6.45, 7) is 5.21. The first-order valence-electron chi connectivity index (χ1n) is 12.8. The average Bonchev–Trinajstić information content (AvgIpc) is 3.61. The van der Waals surface area contributed by atoms with E-state index in [9.17, 15) is 13.7 Å². The first kappa shape index (κ1) is 25.7. The van der Waals surface area contributed by atoms with Crippen molar-refractivity contribution in [1.29, 1.82) is 5.26 Å². The van der Waals surface area contributed by atoms with Crippen LogP contribution in [0.15, 0.2) is 48.1 Å². The van der Waals surface area contributed by atoms with Crippen molar-refractivity contribution in [2.75, 3.05) is 55.4 Å². The molecular formula is C26H28N8O3S2. The first-order valence-corrected chi connectivity index (χ1v) is 15.2. The van der Waals surface area contributed by atoms with Crippen molar-refractivity contribution in [2.45, 2.75) is 18.9 Å². The van der Waals surface area contributed by atoms with Crippen molar-refractivity contribution in [3.8, 4) is 17.3 Å². The van der Waals surface area contributed by atoms with Crippen LogP contribution in [0.3, 0.4) is 0 Å². The minimum atomic E-state index is -3.32. The summed E-state index contributed by atoms with van der Waals surface area (Å²) in [5.41, 5.74) is 3.64. The van der Waals surface area contributed by atoms with Gasteiger partial charge in [-0.1, -0.05) is 6.07 Å². The van der Waals surface area contributed by atoms with Gasteiger partial charge in [0.05, 0.1) is 53.6 Å². The number of fused-ring (bicyclic) bond motifs is 1. The molecule has 1 N–H and O–H groups in total. The van der Waals surface area contributed by atoms with Gasteiger partial charge in [-0.05, 0) is 36.6 Å². The van der Waals surface area contributed by atoms with Crippen molar-refractivity contribution in [3.63, 3.8) is 0 Å². The van der Waals surface area contributed by atoms with Crippen molar-refractivity contribution < 1.29 is 13.2 Å². The summed E-state index contributed by atoms with van der Waals surface area (Å²) in [6.07, 6.45) is 3.74. The molecule has 1 aromatic carbocycles. The third kappa shape index (κ3) is 4.85. The molecule has 0 saturated carbocycles. The van der Waals surface area contributed by atoms with Gasteiger partial charge in [-0.3, -0.25) is 4.68 Å². The third-order valence-corrected chi connectivity index (χ3v) is 9.92. The predicted octanol–water partition coefficient (Wildman–Crippen LogP) is 3.41. The molecule has 0 spiro atoms. The number of rotatable bonds is 8. The van der Waals surface area contributed by atoms with Gasteiger partial charge in [-0.2, -0.15) is 14.7 Å². The van der Waals surface area contributed by atoms with Gasteiger partial charge in [0, 0.05) is 49.3 Å². The summed E-state index contributed by atoms with van der Waals surface area (Å²) in [6, 6.07) is 12.3. The largest absolute Gasteiger partial charge is 0.378 e. The zero-order chi connectivity index (χ0) is 27.0. The second-order valence-corrected chi connectivity index (χ2v) is 12.9. The molecule has 2 aliphatic heterocycles. The number of nitrogens with one attached hydrogen (secondary N) is 1. The number of ether oxygens (including phenoxy) is 1. The number of hydrogen-bond acceptors (Lipinski definition) is 10. The van der Waals surface area contributed by atoms with E-state index in [-0.39, 0.29) is 25.3 Å². The van der Waals surface area contributed by atoms with E-state index in [0.29, 0.717) is 19.2 Å². The molecule has 3 aromatic heterocycles. The van der Waals surface area contributed by atoms with Crippen LogP contribution in [0.25, 0.3) is 21.5 Å². The Morgan fingerprint density at radius 1 is 1.21 bits per heavy atom. The van der Waals surface area contributed by atoms with E-state index >= 15 is 0 Å². The number of thiophene rings is 1. The molecule has 5 heterocycles. The highest BCUT2D eigenvalue weighted by Gasteiger charge is 2.49. The second-order valence-electron chi connectivity index (χ2n) is 9.71. The summed E-state index contributed by atoms with van der Waals surface area (Å²) in [4.78, 5) is 11.9. The van der Waals surface area contributed by atoms with E-state index in [2.05, 4.69) is 33.5 Å². The fourth-order valence-electron chi connectivity index (χ4n) is 5.02. The maximum atomic E-state index is 12.3. The Bertz CT molecular complexity index is 1650. The maximum absolute atomic E-state index is 12.3. The van der Waals surface area contributed by atoms with Gasteiger partial charge in [-0.15, -0.1) is 11.3 Å². The summed E-state index contributed by atoms with van der Waals surface area (Å²) in [5, 5.41) is 19.4. The normalized spacial score (nSPS) is 17.6. The Kier molecular flexibility index (Phi) is 6.72. The molecule has 0 bridgehead atoms. The Hall–Kier alpha value is -3.57. The molecule has 6 rings (SSSR count). The molecule has 0 radical (unpaired) electrons. The number of nitrogens with zero attached hydrogens (tertiary/aromatic N) is 7. The van der Waals surface area contributed by atoms with Crippen molar-refractivity contribution >= 4 is 48.9 Å². The Morgan fingerprint density at radius 3 is 2.79 bits per heavy atom. The Balaban J connectivity index is 1.30. The molecule has 11 nitrogen and oxygen atoms in total. The van der Waals surface area contributed by atoms with Crippen LogP contribution in [0.2, 0.25) is 0 Å². The zero-order valence-electron chi connectivity index (χ0n) is 21.4. The summed E-state index contributed by atoms with van der Waals surface area (Å²) in [5.74, 6) is 0.501. The zero-order valence-corrected chi connectivity index (χ0v) is 23.1. The van der Waals surface area contributed by atoms with Gasteiger partial charge in [0.1, 0.15) is 5.54 Å². The van der Waals surface area contributed by atoms with Crippen molar-refractivity contribution in [3.05, 3.63) is 48.1 Å². The SMILES string of the molecule is CCS(=O)(=O)N1CC(CC#N)(n2cc(-c3nc(Nc4cccc(N5CCOCC5)c4)nc4ccsc34)cn2)C1. The van der Waals surface area contributed by atoms with Crippen LogP contribution in [-0.4, -0.2) is 77.6 Å². The summed E-state index contributed by atoms with van der Waals surface area (Å²) >= 11 is 1.55. The Morgan fingerprint density at radius 2 is 2.03 bits per heavy atom. The Labute approximate surface area is 230 Å². The number of nitriles is 1. The highest BCUT2D eigenvalue weighted by molar-refractivity contribution is 7.89. The first-order chi connectivity index (χ1) is 18.9. The monoisotopic (exact) mass is 564 g/mol. The lowest BCUT2D eigenvalue weighted by Gasteiger charge is -2.47. The number of sulfonamides is 1. The highest BCUT2D eigenvalue weighted by atomic mass is 32.2. The fraction of sp³-hybridized carbons (Fsp3) is 0.385. The molecule has 0 unspecified atom stereocenters. The molecule has 0 atom stereocenters. The molecule has 202 valence electrons. The molecule has 2 fully saturated rings. The van der Waals surface area contributed by atoms with E-state index in [4.69, 9.17) is 14.7 Å². The lowest BCUT2D eigenvalue weighted by molar-refractivity contribution is 0.0719. The van der Waals surface area contributed by atoms with Crippen LogP contribution in [0.4, 0.5) is 17.3 Å². The maximum Gasteiger partial charge on any atom is 0.228 e. The predicted molar refractivity (Wildman–Crippen MR) is 151 cm³/mol. The van der Waals surface area contributed by atoms with Crippen LogP contribution in [0.5, 0.6) is 0 Å². The molecule has 0 amide bonds. The number of morpholine rings is 1.